The molecule has 4 rings (SSSR count). The highest BCUT2D eigenvalue weighted by Gasteiger charge is 2.50. The number of alkyl halides is 3. The molecule has 2 atom stereocenters. The Morgan fingerprint density at radius 2 is 1.96 bits per heavy atom. The molecule has 0 unspecified atom stereocenters. The van der Waals surface area contributed by atoms with Gasteiger partial charge in [0.2, 0.25) is 0 Å². The third-order valence-corrected chi connectivity index (χ3v) is 5.53. The van der Waals surface area contributed by atoms with Crippen LogP contribution in [0.15, 0.2) is 42.5 Å². The van der Waals surface area contributed by atoms with Crippen molar-refractivity contribution in [3.05, 3.63) is 65.0 Å². The van der Waals surface area contributed by atoms with E-state index >= 15 is 0 Å². The van der Waals surface area contributed by atoms with Crippen molar-refractivity contribution in [3.8, 4) is 5.75 Å². The van der Waals surface area contributed by atoms with Crippen LogP contribution < -0.4 is 4.74 Å². The second-order valence-corrected chi connectivity index (χ2v) is 7.42. The lowest BCUT2D eigenvalue weighted by atomic mass is 9.74. The van der Waals surface area contributed by atoms with Gasteiger partial charge < -0.3 is 9.84 Å². The third kappa shape index (κ3) is 3.30. The number of benzene rings is 2. The number of aliphatic hydroxyl groups is 1. The van der Waals surface area contributed by atoms with Crippen LogP contribution in [0.5, 0.6) is 5.75 Å². The highest BCUT2D eigenvalue weighted by atomic mass is 19.4. The quantitative estimate of drug-likeness (QED) is 0.821. The molecule has 2 aliphatic rings. The van der Waals surface area contributed by atoms with E-state index in [0.29, 0.717) is 25.8 Å². The van der Waals surface area contributed by atoms with Crippen LogP contribution in [0.1, 0.15) is 22.6 Å². The van der Waals surface area contributed by atoms with Gasteiger partial charge in [0.15, 0.2) is 0 Å². The van der Waals surface area contributed by atoms with Crippen LogP contribution >= 0.6 is 0 Å². The molecule has 0 aromatic heterocycles. The van der Waals surface area contributed by atoms with Crippen molar-refractivity contribution < 1.29 is 27.4 Å². The number of halogens is 4. The molecule has 2 aromatic rings. The van der Waals surface area contributed by atoms with Crippen LogP contribution in [0.4, 0.5) is 17.6 Å². The predicted octanol–water partition coefficient (Wildman–Crippen LogP) is 3.82. The third-order valence-electron chi connectivity index (χ3n) is 5.53. The van der Waals surface area contributed by atoms with Gasteiger partial charge in [-0.15, -0.1) is 0 Å². The first kappa shape index (κ1) is 18.3. The minimum Gasteiger partial charge on any atom is -0.493 e. The average molecular weight is 381 g/mol. The van der Waals surface area contributed by atoms with E-state index in [1.165, 1.54) is 0 Å². The zero-order valence-corrected chi connectivity index (χ0v) is 14.5. The fourth-order valence-electron chi connectivity index (χ4n) is 4.26. The number of fused-ring (bicyclic) bond motifs is 3. The normalized spacial score (nSPS) is 25.0. The summed E-state index contributed by atoms with van der Waals surface area (Å²) < 4.78 is 58.4. The van der Waals surface area contributed by atoms with Gasteiger partial charge in [0, 0.05) is 31.0 Å². The molecule has 0 aliphatic carbocycles. The Labute approximate surface area is 154 Å². The summed E-state index contributed by atoms with van der Waals surface area (Å²) in [5.74, 6) is -0.108. The van der Waals surface area contributed by atoms with Gasteiger partial charge in [0.05, 0.1) is 18.8 Å². The highest BCUT2D eigenvalue weighted by Crippen LogP contribution is 2.49. The average Bonchev–Trinajstić information content (AvgIpc) is 2.99. The van der Waals surface area contributed by atoms with E-state index in [1.54, 1.807) is 0 Å². The van der Waals surface area contributed by atoms with E-state index in [-0.39, 0.29) is 24.6 Å². The highest BCUT2D eigenvalue weighted by molar-refractivity contribution is 5.41. The smallest absolute Gasteiger partial charge is 0.416 e. The Balaban J connectivity index is 1.60. The Morgan fingerprint density at radius 3 is 2.70 bits per heavy atom. The van der Waals surface area contributed by atoms with Gasteiger partial charge in [0.1, 0.15) is 11.6 Å². The van der Waals surface area contributed by atoms with E-state index in [0.717, 1.165) is 23.4 Å². The summed E-state index contributed by atoms with van der Waals surface area (Å²) in [7, 11) is 0. The molecule has 1 fully saturated rings. The Kier molecular flexibility index (Phi) is 4.39. The number of ether oxygens (including phenoxy) is 1. The Morgan fingerprint density at radius 1 is 1.19 bits per heavy atom. The van der Waals surface area contributed by atoms with Crippen molar-refractivity contribution in [1.82, 2.24) is 4.90 Å². The molecule has 27 heavy (non-hydrogen) atoms. The topological polar surface area (TPSA) is 32.7 Å². The summed E-state index contributed by atoms with van der Waals surface area (Å²) in [4.78, 5) is 1.96. The van der Waals surface area contributed by atoms with Gasteiger partial charge in [-0.2, -0.15) is 13.2 Å². The summed E-state index contributed by atoms with van der Waals surface area (Å²) in [5.41, 5.74) is -0.229. The van der Waals surface area contributed by atoms with Gasteiger partial charge in [-0.1, -0.05) is 18.2 Å². The number of rotatable bonds is 3. The van der Waals surface area contributed by atoms with Crippen LogP contribution in [0, 0.1) is 11.2 Å². The minimum atomic E-state index is -4.59. The maximum absolute atomic E-state index is 13.7. The molecule has 2 aromatic carbocycles. The molecule has 2 aliphatic heterocycles. The monoisotopic (exact) mass is 381 g/mol. The van der Waals surface area contributed by atoms with Gasteiger partial charge >= 0.3 is 6.18 Å². The van der Waals surface area contributed by atoms with Gasteiger partial charge in [-0.3, -0.25) is 4.90 Å². The Hall–Kier alpha value is -2.12. The molecule has 2 heterocycles. The summed E-state index contributed by atoms with van der Waals surface area (Å²) in [6, 6.07) is 10.2. The number of likely N-dealkylation sites (tertiary alicyclic amines) is 1. The minimum absolute atomic E-state index is 0.0168. The van der Waals surface area contributed by atoms with E-state index in [9.17, 15) is 22.7 Å². The number of hydrogen-bond acceptors (Lipinski definition) is 3. The second kappa shape index (κ2) is 6.49. The summed E-state index contributed by atoms with van der Waals surface area (Å²) >= 11 is 0. The molecule has 1 N–H and O–H groups in total. The predicted molar refractivity (Wildman–Crippen MR) is 90.9 cm³/mol. The van der Waals surface area contributed by atoms with Crippen molar-refractivity contribution in [2.45, 2.75) is 18.6 Å². The van der Waals surface area contributed by atoms with Gasteiger partial charge in [-0.25, -0.2) is 4.39 Å². The fraction of sp³-hybridized carbons (Fsp3) is 0.400. The van der Waals surface area contributed by atoms with Crippen molar-refractivity contribution in [2.24, 2.45) is 5.41 Å². The van der Waals surface area contributed by atoms with Crippen LogP contribution in [-0.2, 0) is 12.7 Å². The van der Waals surface area contributed by atoms with E-state index in [4.69, 9.17) is 4.74 Å². The lowest BCUT2D eigenvalue weighted by molar-refractivity contribution is -0.137. The summed E-state index contributed by atoms with van der Waals surface area (Å²) in [6.45, 7) is 1.48. The van der Waals surface area contributed by atoms with Crippen LogP contribution in [0.25, 0.3) is 0 Å². The molecule has 0 amide bonds. The largest absolute Gasteiger partial charge is 0.493 e. The number of nitrogens with zero attached hydrogens (tertiary/aromatic N) is 1. The summed E-state index contributed by atoms with van der Waals surface area (Å²) in [6.07, 6.45) is -4.59. The van der Waals surface area contributed by atoms with Gasteiger partial charge in [0.25, 0.3) is 0 Å². The zero-order chi connectivity index (χ0) is 19.2. The molecular formula is C20H19F4NO2. The standard InChI is InChI=1S/C20H19F4NO2/c21-15-6-13(5-14(7-15)20(22,23)24)8-25-9-17-16-3-1-2-4-18(16)27-12-19(17,10-25)11-26/h1-7,17,26H,8-12H2/t17-,19-/m0/s1. The SMILES string of the molecule is OC[C@@]12COc3ccccc3[C@@H]1CN(Cc1cc(F)cc(C(F)(F)F)c1)C2. The Bertz CT molecular complexity index is 854. The maximum Gasteiger partial charge on any atom is 0.416 e. The van der Waals surface area contributed by atoms with Crippen LogP contribution in [0.2, 0.25) is 0 Å². The zero-order valence-electron chi connectivity index (χ0n) is 14.5. The second-order valence-electron chi connectivity index (χ2n) is 7.42. The first-order valence-corrected chi connectivity index (χ1v) is 8.72. The van der Waals surface area contributed by atoms with Crippen LogP contribution in [-0.4, -0.2) is 36.3 Å². The van der Waals surface area contributed by atoms with Crippen molar-refractivity contribution >= 4 is 0 Å². The fourth-order valence-corrected chi connectivity index (χ4v) is 4.26. The lowest BCUT2D eigenvalue weighted by Crippen LogP contribution is -2.42. The van der Waals surface area contributed by atoms with Gasteiger partial charge in [-0.05, 0) is 35.4 Å². The first-order valence-electron chi connectivity index (χ1n) is 8.72. The molecule has 144 valence electrons. The molecule has 7 heteroatoms. The summed E-state index contributed by atoms with van der Waals surface area (Å²) in [5, 5.41) is 10.0. The van der Waals surface area contributed by atoms with E-state index in [1.807, 2.05) is 29.2 Å². The number of hydrogen-bond donors (Lipinski definition) is 1. The van der Waals surface area contributed by atoms with E-state index in [2.05, 4.69) is 0 Å². The lowest BCUT2D eigenvalue weighted by Gasteiger charge is -2.38. The van der Waals surface area contributed by atoms with Crippen molar-refractivity contribution in [3.63, 3.8) is 0 Å². The van der Waals surface area contributed by atoms with Crippen LogP contribution in [0.3, 0.4) is 0 Å². The van der Waals surface area contributed by atoms with Crippen molar-refractivity contribution in [1.29, 1.82) is 0 Å². The van der Waals surface area contributed by atoms with Crippen molar-refractivity contribution in [2.75, 3.05) is 26.3 Å². The molecule has 3 nitrogen and oxygen atoms in total. The number of para-hydroxylation sites is 1. The molecule has 0 bridgehead atoms. The molecule has 0 radical (unpaired) electrons. The molecule has 0 spiro atoms. The first-order chi connectivity index (χ1) is 12.8. The molecular weight excluding hydrogens is 362 g/mol. The maximum atomic E-state index is 13.7. The molecule has 0 saturated carbocycles. The molecule has 1 saturated heterocycles. The number of aliphatic hydroxyl groups excluding tert-OH is 1. The van der Waals surface area contributed by atoms with E-state index < -0.39 is 23.0 Å².